The number of furan rings is 1. The second kappa shape index (κ2) is 7.11. The van der Waals surface area contributed by atoms with Gasteiger partial charge >= 0.3 is 0 Å². The summed E-state index contributed by atoms with van der Waals surface area (Å²) in [7, 11) is 0. The molecule has 8 heteroatoms. The minimum Gasteiger partial charge on any atom is -0.466 e. The molecule has 0 saturated carbocycles. The van der Waals surface area contributed by atoms with Crippen LogP contribution in [0.5, 0.6) is 0 Å². The van der Waals surface area contributed by atoms with Crippen LogP contribution < -0.4 is 0 Å². The maximum Gasteiger partial charge on any atom is 0.251 e. The van der Waals surface area contributed by atoms with Crippen LogP contribution in [0.2, 0.25) is 0 Å². The van der Waals surface area contributed by atoms with E-state index in [0.29, 0.717) is 18.3 Å². The smallest absolute Gasteiger partial charge is 0.251 e. The first-order chi connectivity index (χ1) is 14.1. The lowest BCUT2D eigenvalue weighted by molar-refractivity contribution is -0.0483. The molecule has 0 unspecified atom stereocenters. The van der Waals surface area contributed by atoms with Gasteiger partial charge < -0.3 is 18.1 Å². The van der Waals surface area contributed by atoms with Gasteiger partial charge in [0.05, 0.1) is 29.7 Å². The third kappa shape index (κ3) is 3.02. The molecule has 0 aromatic carbocycles. The zero-order valence-electron chi connectivity index (χ0n) is 17.3. The monoisotopic (exact) mass is 397 g/mol. The van der Waals surface area contributed by atoms with E-state index >= 15 is 0 Å². The lowest BCUT2D eigenvalue weighted by Crippen LogP contribution is -2.53. The number of aromatic nitrogens is 4. The Morgan fingerprint density at radius 1 is 1.14 bits per heavy atom. The van der Waals surface area contributed by atoms with Crippen LogP contribution in [0.4, 0.5) is 0 Å². The highest BCUT2D eigenvalue weighted by Gasteiger charge is 2.46. The van der Waals surface area contributed by atoms with Gasteiger partial charge in [-0.1, -0.05) is 0 Å². The Labute approximate surface area is 169 Å². The summed E-state index contributed by atoms with van der Waals surface area (Å²) in [6, 6.07) is 1.94. The summed E-state index contributed by atoms with van der Waals surface area (Å²) < 4.78 is 19.6. The van der Waals surface area contributed by atoms with Crippen LogP contribution >= 0.6 is 0 Å². The molecule has 1 saturated heterocycles. The summed E-state index contributed by atoms with van der Waals surface area (Å²) in [5.74, 6) is 2.78. The Balaban J connectivity index is 1.45. The van der Waals surface area contributed by atoms with Gasteiger partial charge in [-0.15, -0.1) is 10.2 Å². The summed E-state index contributed by atoms with van der Waals surface area (Å²) in [4.78, 5) is 7.32. The standard InChI is InChI=1S/C21H27N5O3/c1-4-25-13-22-19-17(25)5-8-26(21(19)6-9-27-10-7-21)12-18-23-24-20(29-18)16-11-14(2)28-15(16)3/h11,13H,4-10,12H2,1-3H3. The van der Waals surface area contributed by atoms with E-state index in [1.54, 1.807) is 0 Å². The van der Waals surface area contributed by atoms with Gasteiger partial charge in [0.25, 0.3) is 5.89 Å². The van der Waals surface area contributed by atoms with Crippen LogP contribution in [0.25, 0.3) is 11.5 Å². The molecule has 0 N–H and O–H groups in total. The van der Waals surface area contributed by atoms with E-state index in [0.717, 1.165) is 62.6 Å². The van der Waals surface area contributed by atoms with E-state index in [1.165, 1.54) is 11.4 Å². The number of aryl methyl sites for hydroxylation is 3. The number of ether oxygens (including phenoxy) is 1. The highest BCUT2D eigenvalue weighted by atomic mass is 16.5. The van der Waals surface area contributed by atoms with Crippen molar-refractivity contribution < 1.29 is 13.6 Å². The summed E-state index contributed by atoms with van der Waals surface area (Å²) >= 11 is 0. The molecular formula is C21H27N5O3. The first-order valence-electron chi connectivity index (χ1n) is 10.4. The van der Waals surface area contributed by atoms with Gasteiger partial charge in [0, 0.05) is 38.4 Å². The number of imidazole rings is 1. The Hall–Kier alpha value is -2.45. The van der Waals surface area contributed by atoms with Crippen molar-refractivity contribution in [3.63, 3.8) is 0 Å². The van der Waals surface area contributed by atoms with Gasteiger partial charge in [0.2, 0.25) is 5.89 Å². The lowest BCUT2D eigenvalue weighted by atomic mass is 9.80. The van der Waals surface area contributed by atoms with Crippen LogP contribution in [0, 0.1) is 13.8 Å². The van der Waals surface area contributed by atoms with Crippen LogP contribution in [-0.4, -0.2) is 44.4 Å². The predicted octanol–water partition coefficient (Wildman–Crippen LogP) is 3.23. The zero-order valence-corrected chi connectivity index (χ0v) is 17.3. The highest BCUT2D eigenvalue weighted by molar-refractivity contribution is 5.55. The number of fused-ring (bicyclic) bond motifs is 2. The van der Waals surface area contributed by atoms with Crippen molar-refractivity contribution in [3.8, 4) is 11.5 Å². The lowest BCUT2D eigenvalue weighted by Gasteiger charge is -2.48. The van der Waals surface area contributed by atoms with E-state index in [9.17, 15) is 0 Å². The fourth-order valence-electron chi connectivity index (χ4n) is 4.86. The zero-order chi connectivity index (χ0) is 20.0. The molecule has 0 bridgehead atoms. The normalized spacial score (nSPS) is 19.0. The third-order valence-corrected chi connectivity index (χ3v) is 6.34. The molecule has 5 rings (SSSR count). The summed E-state index contributed by atoms with van der Waals surface area (Å²) in [6.45, 7) is 10.0. The molecule has 29 heavy (non-hydrogen) atoms. The molecule has 0 amide bonds. The van der Waals surface area contributed by atoms with Crippen molar-refractivity contribution in [2.24, 2.45) is 0 Å². The molecule has 5 heterocycles. The molecule has 3 aromatic rings. The van der Waals surface area contributed by atoms with Crippen molar-refractivity contribution >= 4 is 0 Å². The van der Waals surface area contributed by atoms with Gasteiger partial charge in [-0.2, -0.15) is 0 Å². The number of hydrogen-bond acceptors (Lipinski definition) is 7. The molecule has 2 aliphatic rings. The quantitative estimate of drug-likeness (QED) is 0.668. The fourth-order valence-corrected chi connectivity index (χ4v) is 4.86. The topological polar surface area (TPSA) is 82.4 Å². The second-order valence-corrected chi connectivity index (χ2v) is 7.97. The predicted molar refractivity (Wildman–Crippen MR) is 105 cm³/mol. The maximum absolute atomic E-state index is 6.03. The SMILES string of the molecule is CCn1cnc2c1CCN(Cc1nnc(-c3cc(C)oc3C)o1)C21CCOCC1. The van der Waals surface area contributed by atoms with Crippen LogP contribution in [-0.2, 0) is 29.8 Å². The summed E-state index contributed by atoms with van der Waals surface area (Å²) in [6.07, 6.45) is 4.83. The van der Waals surface area contributed by atoms with Crippen molar-refractivity contribution in [1.29, 1.82) is 0 Å². The fraction of sp³-hybridized carbons (Fsp3) is 0.571. The first-order valence-corrected chi connectivity index (χ1v) is 10.4. The minimum atomic E-state index is -0.122. The van der Waals surface area contributed by atoms with Gasteiger partial charge in [0.15, 0.2) is 0 Å². The largest absolute Gasteiger partial charge is 0.466 e. The van der Waals surface area contributed by atoms with Crippen molar-refractivity contribution in [2.45, 2.75) is 58.7 Å². The Morgan fingerprint density at radius 3 is 2.69 bits per heavy atom. The van der Waals surface area contributed by atoms with Crippen LogP contribution in [0.15, 0.2) is 21.2 Å². The minimum absolute atomic E-state index is 0.122. The number of rotatable bonds is 4. The van der Waals surface area contributed by atoms with Crippen molar-refractivity contribution in [3.05, 3.63) is 41.2 Å². The molecule has 0 radical (unpaired) electrons. The first kappa shape index (κ1) is 18.6. The maximum atomic E-state index is 6.03. The van der Waals surface area contributed by atoms with Gasteiger partial charge in [-0.25, -0.2) is 4.98 Å². The van der Waals surface area contributed by atoms with E-state index in [1.807, 2.05) is 26.2 Å². The number of hydrogen-bond donors (Lipinski definition) is 0. The van der Waals surface area contributed by atoms with Gasteiger partial charge in [-0.05, 0) is 39.7 Å². The molecule has 2 aliphatic heterocycles. The molecule has 3 aromatic heterocycles. The molecule has 0 aliphatic carbocycles. The van der Waals surface area contributed by atoms with Crippen molar-refractivity contribution in [1.82, 2.24) is 24.6 Å². The average Bonchev–Trinajstić information content (AvgIpc) is 3.43. The second-order valence-electron chi connectivity index (χ2n) is 7.97. The summed E-state index contributed by atoms with van der Waals surface area (Å²) in [5, 5.41) is 8.61. The van der Waals surface area contributed by atoms with E-state index in [2.05, 4.69) is 26.6 Å². The number of nitrogens with zero attached hydrogens (tertiary/aromatic N) is 5. The van der Waals surface area contributed by atoms with Crippen LogP contribution in [0.3, 0.4) is 0 Å². The Kier molecular flexibility index (Phi) is 4.55. The third-order valence-electron chi connectivity index (χ3n) is 6.34. The van der Waals surface area contributed by atoms with Gasteiger partial charge in [-0.3, -0.25) is 4.90 Å². The Bertz CT molecular complexity index is 1010. The molecular weight excluding hydrogens is 370 g/mol. The molecule has 8 nitrogen and oxygen atoms in total. The molecule has 0 atom stereocenters. The average molecular weight is 397 g/mol. The van der Waals surface area contributed by atoms with E-state index < -0.39 is 0 Å². The molecule has 154 valence electrons. The van der Waals surface area contributed by atoms with Crippen LogP contribution in [0.1, 0.15) is 48.6 Å². The Morgan fingerprint density at radius 2 is 1.97 bits per heavy atom. The van der Waals surface area contributed by atoms with E-state index in [-0.39, 0.29) is 5.54 Å². The van der Waals surface area contributed by atoms with Crippen molar-refractivity contribution in [2.75, 3.05) is 19.8 Å². The highest BCUT2D eigenvalue weighted by Crippen LogP contribution is 2.43. The van der Waals surface area contributed by atoms with E-state index in [4.69, 9.17) is 18.6 Å². The molecule has 1 spiro atoms. The summed E-state index contributed by atoms with van der Waals surface area (Å²) in [5.41, 5.74) is 3.31. The van der Waals surface area contributed by atoms with Gasteiger partial charge in [0.1, 0.15) is 11.5 Å². The molecule has 1 fully saturated rings.